The quantitative estimate of drug-likeness (QED) is 0.0105. The molecule has 0 aliphatic carbocycles. The Labute approximate surface area is 868 Å². The summed E-state index contributed by atoms with van der Waals surface area (Å²) >= 11 is 0. The van der Waals surface area contributed by atoms with Crippen LogP contribution in [-0.4, -0.2) is 122 Å². The number of benzene rings is 6. The van der Waals surface area contributed by atoms with Crippen molar-refractivity contribution in [3.8, 4) is 23.5 Å². The van der Waals surface area contributed by atoms with E-state index in [4.69, 9.17) is 44.6 Å². The summed E-state index contributed by atoms with van der Waals surface area (Å²) in [7, 11) is -3.73. The standard InChI is InChI=1S/C35H42F2N2O4Si.C26H35F2N3O2Si.C19H18F2N2O3.C17H14F2N2O3.C17H29NO2Si/c1-24-19-30-34(25(2)38-39(30)32(20-24)42-23-27-28(36)13-10-14-29(27)37)31(40)15-16-35(3,17-18-44(4,5)6)21-33(41)43-22-26-11-8-7-9-12-26;1-17-14-22-25(23(32)10-11-26(3,29)12-13-34(4,5)6)18(2)30-31(22)24(15-17)33-16-19-20(27)8-7-9-21(19)28;1-4-25-19(24)18-12(3)22-23-16(18)8-11(2)9-17(23)26-10-13-14(20)6-5-7-15(13)21;1-9-6-14-16(17(22)23)10(2)20-21(14)15(7-9)24-8-11-12(18)4-3-5-13(11)19;1-17(14-18,10-11-21(2,3)4)12-16(19)20-13-15-8-6-5-7-9-15/h7-14,19-20H,15-18,21-23H2,1-6H3;7-9,14-15H,10-13,16,29H2,1-6H3;5-9H,4,10H2,1-3H3;3-7H,8H2,1-2H3,(H,22,23);5-9H,10-14,18H2,1-4H3. The van der Waals surface area contributed by atoms with Crippen LogP contribution in [0.2, 0.25) is 77.1 Å². The number of carbonyl (C=O) groups is 6. The second-order valence-corrected chi connectivity index (χ2v) is 59.5. The highest BCUT2D eigenvalue weighted by atomic mass is 28.3. The molecule has 3 atom stereocenters. The van der Waals surface area contributed by atoms with E-state index in [9.17, 15) is 69.0 Å². The van der Waals surface area contributed by atoms with E-state index in [-0.39, 0.29) is 127 Å². The lowest BCUT2D eigenvalue weighted by atomic mass is 9.78. The number of ether oxygens (including phenoxy) is 7. The van der Waals surface area contributed by atoms with Crippen LogP contribution in [0, 0.1) is 113 Å². The number of nitrogens with zero attached hydrogens (tertiary/aromatic N) is 8. The van der Waals surface area contributed by atoms with Crippen LogP contribution in [-0.2, 0) is 63.4 Å². The largest absolute Gasteiger partial charge is 0.478 e. The average Bonchev–Trinajstić information content (AvgIpc) is 1.63. The number of halogens is 8. The monoisotopic (exact) mass is 2110 g/mol. The molecule has 0 aliphatic heterocycles. The molecule has 24 nitrogen and oxygen atoms in total. The predicted molar refractivity (Wildman–Crippen MR) is 569 cm³/mol. The number of esters is 3. The maximum absolute atomic E-state index is 14.2. The Morgan fingerprint density at radius 1 is 0.349 bits per heavy atom. The summed E-state index contributed by atoms with van der Waals surface area (Å²) in [6.07, 6.45) is 5.04. The van der Waals surface area contributed by atoms with Crippen molar-refractivity contribution in [3.05, 3.63) is 329 Å². The Bertz CT molecular complexity index is 7000. The van der Waals surface area contributed by atoms with Gasteiger partial charge in [0.05, 0.1) is 97.7 Å². The van der Waals surface area contributed by atoms with Gasteiger partial charge in [0.1, 0.15) is 97.3 Å². The fraction of sp³-hybridized carbons (Fsp3) is 0.386. The van der Waals surface area contributed by atoms with Gasteiger partial charge in [0, 0.05) is 66.9 Å². The van der Waals surface area contributed by atoms with E-state index >= 15 is 0 Å². The number of carboxylic acids is 1. The number of carbonyl (C=O) groups excluding carboxylic acids is 5. The highest BCUT2D eigenvalue weighted by molar-refractivity contribution is 6.76. The predicted octanol–water partition coefficient (Wildman–Crippen LogP) is 26.2. The molecule has 0 radical (unpaired) electrons. The molecule has 14 rings (SSSR count). The fourth-order valence-electron chi connectivity index (χ4n) is 16.6. The minimum atomic E-state index is -1.41. The SMILES string of the molecule is CC(CN)(CC[Si](C)(C)C)CC(=O)OCc1ccccc1.CCOC(=O)c1c(C)nn2c(OCc3c(F)cccc3F)cc(C)cc12.Cc1cc(OCc2c(F)cccc2F)n2nc(C)c(C(=O)CCC(C)(CC[Si](C)(C)C)CC(=O)OCc3ccccc3)c2c1.Cc1cc(OCc2c(F)cccc2F)n2nc(C)c(C(=O)CCC(C)(N)CC[Si](C)(C)C)c2c1.Cc1cc(OCc2c(F)cccc2F)n2nc(C)c(C(=O)O)c2c1. The van der Waals surface area contributed by atoms with Crippen LogP contribution >= 0.6 is 0 Å². The van der Waals surface area contributed by atoms with Crippen molar-refractivity contribution in [1.82, 2.24) is 38.5 Å². The first-order valence-corrected chi connectivity index (χ1v) is 60.8. The zero-order valence-electron chi connectivity index (χ0n) is 89.0. The summed E-state index contributed by atoms with van der Waals surface area (Å²) in [5.41, 5.74) is 21.4. The summed E-state index contributed by atoms with van der Waals surface area (Å²) in [6.45, 7) is 43.0. The van der Waals surface area contributed by atoms with Crippen LogP contribution in [0.1, 0.15) is 205 Å². The average molecular weight is 2110 g/mol. The van der Waals surface area contributed by atoms with Crippen LogP contribution in [0.15, 0.2) is 182 Å². The molecule has 3 unspecified atom stereocenters. The maximum atomic E-state index is 14.2. The molecule has 149 heavy (non-hydrogen) atoms. The highest BCUT2D eigenvalue weighted by Crippen LogP contribution is 2.40. The van der Waals surface area contributed by atoms with Gasteiger partial charge in [0.2, 0.25) is 23.5 Å². The van der Waals surface area contributed by atoms with Gasteiger partial charge in [-0.2, -0.15) is 29.4 Å². The number of fused-ring (bicyclic) bond motifs is 4. The van der Waals surface area contributed by atoms with Gasteiger partial charge in [-0.3, -0.25) is 19.2 Å². The molecule has 0 spiro atoms. The van der Waals surface area contributed by atoms with Crippen molar-refractivity contribution < 1.29 is 102 Å². The van der Waals surface area contributed by atoms with Gasteiger partial charge in [-0.05, 0) is 225 Å². The number of ketones is 2. The van der Waals surface area contributed by atoms with Crippen LogP contribution in [0.3, 0.4) is 0 Å². The topological polar surface area (TPSA) is 308 Å². The van der Waals surface area contributed by atoms with Gasteiger partial charge >= 0.3 is 23.9 Å². The number of aromatic carboxylic acids is 1. The first-order valence-electron chi connectivity index (χ1n) is 49.6. The Kier molecular flexibility index (Phi) is 40.7. The Hall–Kier alpha value is -13.5. The second-order valence-electron chi connectivity index (χ2n) is 42.6. The van der Waals surface area contributed by atoms with E-state index in [1.54, 1.807) is 77.9 Å². The molecule has 35 heteroatoms. The lowest BCUT2D eigenvalue weighted by molar-refractivity contribution is -0.148. The first-order chi connectivity index (χ1) is 70.1. The van der Waals surface area contributed by atoms with E-state index in [2.05, 4.69) is 93.2 Å². The smallest absolute Gasteiger partial charge is 0.342 e. The van der Waals surface area contributed by atoms with Gasteiger partial charge in [0.15, 0.2) is 11.6 Å². The summed E-state index contributed by atoms with van der Waals surface area (Å²) in [4.78, 5) is 75.6. The molecular formula is C114H138F8N10O14Si3. The third-order valence-corrected chi connectivity index (χ3v) is 30.7. The number of hydrogen-bond acceptors (Lipinski definition) is 19. The van der Waals surface area contributed by atoms with Gasteiger partial charge in [-0.25, -0.2) is 53.7 Å². The Balaban J connectivity index is 0.000000195. The molecule has 8 heterocycles. The lowest BCUT2D eigenvalue weighted by Gasteiger charge is -2.31. The molecule has 0 amide bonds. The number of aryl methyl sites for hydroxylation is 8. The van der Waals surface area contributed by atoms with Crippen LogP contribution in [0.25, 0.3) is 22.1 Å². The van der Waals surface area contributed by atoms with Crippen LogP contribution in [0.4, 0.5) is 35.1 Å². The van der Waals surface area contributed by atoms with E-state index in [1.165, 1.54) is 84.8 Å². The fourth-order valence-corrected chi connectivity index (χ4v) is 20.6. The van der Waals surface area contributed by atoms with E-state index in [0.29, 0.717) is 106 Å². The molecule has 0 saturated carbocycles. The van der Waals surface area contributed by atoms with Gasteiger partial charge in [-0.1, -0.05) is 176 Å². The molecule has 0 bridgehead atoms. The number of nitrogens with two attached hydrogens (primary N) is 2. The van der Waals surface area contributed by atoms with Crippen molar-refractivity contribution in [1.29, 1.82) is 0 Å². The second kappa shape index (κ2) is 51.6. The van der Waals surface area contributed by atoms with E-state index < -0.39 is 93.7 Å². The molecular weight excluding hydrogens is 1970 g/mol. The van der Waals surface area contributed by atoms with Crippen molar-refractivity contribution in [2.24, 2.45) is 22.3 Å². The molecule has 0 aliphatic rings. The number of hydrogen-bond donors (Lipinski definition) is 3. The summed E-state index contributed by atoms with van der Waals surface area (Å²) in [5.74, 6) is -6.50. The number of Topliss-reactive ketones (excluding diaryl/α,β-unsaturated/α-hetero) is 2. The molecule has 6 aromatic carbocycles. The van der Waals surface area contributed by atoms with E-state index in [1.807, 2.05) is 100 Å². The molecule has 0 fully saturated rings. The Morgan fingerprint density at radius 2 is 0.624 bits per heavy atom. The minimum absolute atomic E-state index is 0.0196. The number of rotatable bonds is 41. The summed E-state index contributed by atoms with van der Waals surface area (Å²) in [6, 6.07) is 51.2. The van der Waals surface area contributed by atoms with Gasteiger partial charge in [-0.15, -0.1) is 0 Å². The van der Waals surface area contributed by atoms with Crippen molar-refractivity contribution in [2.45, 2.75) is 263 Å². The Morgan fingerprint density at radius 3 is 0.926 bits per heavy atom. The third kappa shape index (κ3) is 33.5. The first kappa shape index (κ1) is 117. The summed E-state index contributed by atoms with van der Waals surface area (Å²) in [5, 5.41) is 26.9. The van der Waals surface area contributed by atoms with Gasteiger partial charge < -0.3 is 49.7 Å². The third-order valence-electron chi connectivity index (χ3n) is 25.4. The highest BCUT2D eigenvalue weighted by Gasteiger charge is 2.36. The zero-order chi connectivity index (χ0) is 110. The number of aromatic nitrogens is 8. The van der Waals surface area contributed by atoms with Crippen LogP contribution in [0.5, 0.6) is 23.5 Å². The molecule has 14 aromatic rings. The molecule has 0 saturated heterocycles. The summed E-state index contributed by atoms with van der Waals surface area (Å²) < 4.78 is 156. The van der Waals surface area contributed by atoms with Crippen molar-refractivity contribution in [2.75, 3.05) is 13.2 Å². The molecule has 8 aromatic heterocycles. The normalized spacial score (nSPS) is 12.7. The molecule has 796 valence electrons. The van der Waals surface area contributed by atoms with E-state index in [0.717, 1.165) is 76.9 Å². The number of pyridine rings is 4. The van der Waals surface area contributed by atoms with Crippen molar-refractivity contribution in [3.63, 3.8) is 0 Å². The van der Waals surface area contributed by atoms with Crippen molar-refractivity contribution >= 4 is 81.7 Å². The zero-order valence-corrected chi connectivity index (χ0v) is 92.0. The minimum Gasteiger partial charge on any atom is -0.478 e. The maximum Gasteiger partial charge on any atom is 0.342 e. The number of carboxylic acid groups (broad SMARTS) is 1. The lowest BCUT2D eigenvalue weighted by Crippen LogP contribution is -2.38. The van der Waals surface area contributed by atoms with Gasteiger partial charge in [0.25, 0.3) is 0 Å². The van der Waals surface area contributed by atoms with Crippen LogP contribution < -0.4 is 30.4 Å². The molecule has 5 N–H and O–H groups in total.